The fraction of sp³-hybridized carbons (Fsp3) is 0.0667. The molecule has 0 fully saturated rings. The van der Waals surface area contributed by atoms with Crippen molar-refractivity contribution in [3.63, 3.8) is 0 Å². The lowest BCUT2D eigenvalue weighted by Crippen LogP contribution is -1.87. The highest BCUT2D eigenvalue weighted by Crippen LogP contribution is 2.29. The van der Waals surface area contributed by atoms with E-state index in [-0.39, 0.29) is 5.82 Å². The van der Waals surface area contributed by atoms with Gasteiger partial charge in [0.1, 0.15) is 11.5 Å². The zero-order valence-electron chi connectivity index (χ0n) is 10.8. The third kappa shape index (κ3) is 1.53. The molecule has 4 aromatic heterocycles. The minimum Gasteiger partial charge on any atom is -0.346 e. The van der Waals surface area contributed by atoms with E-state index in [0.29, 0.717) is 5.65 Å². The number of hydrogen-bond acceptors (Lipinski definition) is 2. The smallest absolute Gasteiger partial charge is 0.142 e. The molecule has 5 heteroatoms. The standard InChI is InChI=1S/C15H11FN4/c1-9-6-19-20-3-2-10(4-14(9)20)13-8-18-15-12(13)5-11(16)7-17-15/h2-8H,1H3,(H,17,18). The normalized spacial score (nSPS) is 11.5. The van der Waals surface area contributed by atoms with E-state index in [2.05, 4.69) is 21.1 Å². The zero-order chi connectivity index (χ0) is 13.7. The van der Waals surface area contributed by atoms with Gasteiger partial charge in [0.05, 0.1) is 17.9 Å². The van der Waals surface area contributed by atoms with Gasteiger partial charge in [-0.1, -0.05) is 0 Å². The highest BCUT2D eigenvalue weighted by molar-refractivity contribution is 5.94. The van der Waals surface area contributed by atoms with Crippen molar-refractivity contribution in [1.82, 2.24) is 19.6 Å². The Labute approximate surface area is 113 Å². The average Bonchev–Trinajstić information content (AvgIpc) is 3.02. The summed E-state index contributed by atoms with van der Waals surface area (Å²) in [6.07, 6.45) is 6.81. The summed E-state index contributed by atoms with van der Waals surface area (Å²) in [6.45, 7) is 2.02. The molecule has 0 atom stereocenters. The molecular formula is C15H11FN4. The molecule has 4 rings (SSSR count). The molecule has 0 aliphatic rings. The maximum atomic E-state index is 13.4. The summed E-state index contributed by atoms with van der Waals surface area (Å²) in [5.74, 6) is -0.333. The van der Waals surface area contributed by atoms with Crippen molar-refractivity contribution in [3.8, 4) is 11.1 Å². The number of fused-ring (bicyclic) bond motifs is 2. The van der Waals surface area contributed by atoms with Crippen molar-refractivity contribution in [2.45, 2.75) is 6.92 Å². The van der Waals surface area contributed by atoms with Crippen LogP contribution in [0.25, 0.3) is 27.7 Å². The van der Waals surface area contributed by atoms with Crippen LogP contribution in [0.15, 0.2) is 43.0 Å². The molecule has 4 nitrogen and oxygen atoms in total. The molecule has 0 saturated carbocycles. The Morgan fingerprint density at radius 1 is 1.25 bits per heavy atom. The van der Waals surface area contributed by atoms with Crippen LogP contribution >= 0.6 is 0 Å². The average molecular weight is 266 g/mol. The topological polar surface area (TPSA) is 46.0 Å². The first-order valence-electron chi connectivity index (χ1n) is 6.29. The third-order valence-corrected chi connectivity index (χ3v) is 3.52. The molecule has 0 aliphatic carbocycles. The minimum absolute atomic E-state index is 0.333. The first kappa shape index (κ1) is 11.2. The molecule has 20 heavy (non-hydrogen) atoms. The van der Waals surface area contributed by atoms with Crippen LogP contribution < -0.4 is 0 Å². The second kappa shape index (κ2) is 3.90. The van der Waals surface area contributed by atoms with Gasteiger partial charge in [0.2, 0.25) is 0 Å². The van der Waals surface area contributed by atoms with Crippen molar-refractivity contribution in [3.05, 3.63) is 54.4 Å². The van der Waals surface area contributed by atoms with Crippen LogP contribution in [-0.2, 0) is 0 Å². The molecular weight excluding hydrogens is 255 g/mol. The number of aromatic amines is 1. The maximum absolute atomic E-state index is 13.4. The summed E-state index contributed by atoms with van der Waals surface area (Å²) in [7, 11) is 0. The predicted molar refractivity (Wildman–Crippen MR) is 75.0 cm³/mol. The summed E-state index contributed by atoms with van der Waals surface area (Å²) in [5.41, 5.74) is 4.79. The summed E-state index contributed by atoms with van der Waals surface area (Å²) in [6, 6.07) is 5.52. The van der Waals surface area contributed by atoms with E-state index in [9.17, 15) is 4.39 Å². The number of H-pyrrole nitrogens is 1. The molecule has 0 saturated heterocycles. The van der Waals surface area contributed by atoms with Crippen LogP contribution in [0.1, 0.15) is 5.56 Å². The van der Waals surface area contributed by atoms with Crippen molar-refractivity contribution < 1.29 is 4.39 Å². The molecule has 0 aliphatic heterocycles. The van der Waals surface area contributed by atoms with Crippen LogP contribution in [0, 0.1) is 12.7 Å². The second-order valence-electron chi connectivity index (χ2n) is 4.82. The van der Waals surface area contributed by atoms with Crippen molar-refractivity contribution >= 4 is 16.6 Å². The van der Waals surface area contributed by atoms with Crippen LogP contribution in [0.2, 0.25) is 0 Å². The summed E-state index contributed by atoms with van der Waals surface area (Å²) >= 11 is 0. The van der Waals surface area contributed by atoms with E-state index in [1.165, 1.54) is 12.3 Å². The fourth-order valence-electron chi connectivity index (χ4n) is 2.49. The molecule has 4 heterocycles. The van der Waals surface area contributed by atoms with Gasteiger partial charge in [-0.25, -0.2) is 13.9 Å². The SMILES string of the molecule is Cc1cnn2ccc(-c3c[nH]c4ncc(F)cc34)cc12. The highest BCUT2D eigenvalue weighted by Gasteiger charge is 2.09. The van der Waals surface area contributed by atoms with Crippen molar-refractivity contribution in [1.29, 1.82) is 0 Å². The van der Waals surface area contributed by atoms with Crippen molar-refractivity contribution in [2.24, 2.45) is 0 Å². The molecule has 0 spiro atoms. The Kier molecular flexibility index (Phi) is 2.18. The first-order chi connectivity index (χ1) is 9.72. The molecule has 1 N–H and O–H groups in total. The van der Waals surface area contributed by atoms with E-state index in [0.717, 1.165) is 27.6 Å². The summed E-state index contributed by atoms with van der Waals surface area (Å²) in [4.78, 5) is 7.12. The number of nitrogens with zero attached hydrogens (tertiary/aromatic N) is 3. The summed E-state index contributed by atoms with van der Waals surface area (Å²) < 4.78 is 15.2. The van der Waals surface area contributed by atoms with Gasteiger partial charge >= 0.3 is 0 Å². The Morgan fingerprint density at radius 3 is 3.05 bits per heavy atom. The van der Waals surface area contributed by atoms with Gasteiger partial charge in [0.25, 0.3) is 0 Å². The number of nitrogens with one attached hydrogen (secondary N) is 1. The maximum Gasteiger partial charge on any atom is 0.142 e. The van der Waals surface area contributed by atoms with E-state index >= 15 is 0 Å². The molecule has 0 amide bonds. The zero-order valence-corrected chi connectivity index (χ0v) is 10.8. The minimum atomic E-state index is -0.333. The van der Waals surface area contributed by atoms with Gasteiger partial charge in [-0.15, -0.1) is 0 Å². The first-order valence-corrected chi connectivity index (χ1v) is 6.29. The van der Waals surface area contributed by atoms with E-state index in [4.69, 9.17) is 0 Å². The monoisotopic (exact) mass is 266 g/mol. The molecule has 98 valence electrons. The van der Waals surface area contributed by atoms with Gasteiger partial charge in [0, 0.05) is 23.3 Å². The van der Waals surface area contributed by atoms with Crippen molar-refractivity contribution in [2.75, 3.05) is 0 Å². The van der Waals surface area contributed by atoms with Gasteiger partial charge in [-0.05, 0) is 36.2 Å². The van der Waals surface area contributed by atoms with Gasteiger partial charge in [-0.2, -0.15) is 5.10 Å². The predicted octanol–water partition coefficient (Wildman–Crippen LogP) is 3.33. The Balaban J connectivity index is 2.00. The fourth-order valence-corrected chi connectivity index (χ4v) is 2.49. The Hall–Kier alpha value is -2.69. The number of aryl methyl sites for hydroxylation is 1. The molecule has 4 aromatic rings. The number of rotatable bonds is 1. The van der Waals surface area contributed by atoms with E-state index in [1.54, 1.807) is 0 Å². The highest BCUT2D eigenvalue weighted by atomic mass is 19.1. The largest absolute Gasteiger partial charge is 0.346 e. The molecule has 0 unspecified atom stereocenters. The quantitative estimate of drug-likeness (QED) is 0.574. The number of aromatic nitrogens is 4. The Bertz CT molecular complexity index is 936. The van der Waals surface area contributed by atoms with E-state index in [1.807, 2.05) is 36.1 Å². The lowest BCUT2D eigenvalue weighted by Gasteiger charge is -2.01. The molecule has 0 aromatic carbocycles. The van der Waals surface area contributed by atoms with Crippen LogP contribution in [0.5, 0.6) is 0 Å². The van der Waals surface area contributed by atoms with Crippen LogP contribution in [0.4, 0.5) is 4.39 Å². The van der Waals surface area contributed by atoms with Gasteiger partial charge < -0.3 is 4.98 Å². The van der Waals surface area contributed by atoms with Crippen LogP contribution in [0.3, 0.4) is 0 Å². The van der Waals surface area contributed by atoms with Gasteiger partial charge in [0.15, 0.2) is 0 Å². The second-order valence-corrected chi connectivity index (χ2v) is 4.82. The number of halogens is 1. The lowest BCUT2D eigenvalue weighted by molar-refractivity contribution is 0.624. The van der Waals surface area contributed by atoms with Gasteiger partial charge in [-0.3, -0.25) is 0 Å². The lowest BCUT2D eigenvalue weighted by atomic mass is 10.1. The molecule has 0 radical (unpaired) electrons. The molecule has 0 bridgehead atoms. The van der Waals surface area contributed by atoms with Crippen LogP contribution in [-0.4, -0.2) is 19.6 Å². The number of hydrogen-bond donors (Lipinski definition) is 1. The summed E-state index contributed by atoms with van der Waals surface area (Å²) in [5, 5.41) is 5.04. The third-order valence-electron chi connectivity index (χ3n) is 3.52. The van der Waals surface area contributed by atoms with E-state index < -0.39 is 0 Å². The number of pyridine rings is 2. The Morgan fingerprint density at radius 2 is 2.15 bits per heavy atom.